The number of nitrogens with one attached hydrogen (secondary N) is 3. The summed E-state index contributed by atoms with van der Waals surface area (Å²) in [5.74, 6) is -1.55. The molecule has 3 aromatic rings. The van der Waals surface area contributed by atoms with Crippen molar-refractivity contribution >= 4 is 40.9 Å². The van der Waals surface area contributed by atoms with Crippen molar-refractivity contribution in [1.29, 1.82) is 0 Å². The number of aliphatic carboxylic acids is 1. The maximum Gasteiger partial charge on any atom is 0.323 e. The van der Waals surface area contributed by atoms with Crippen molar-refractivity contribution < 1.29 is 29.0 Å². The molecular weight excluding hydrogens is 576 g/mol. The molecular formula is C33H38N6O6. The Bertz CT molecular complexity index is 1530. The second-order valence-electron chi connectivity index (χ2n) is 11.3. The minimum absolute atomic E-state index is 0.0155. The highest BCUT2D eigenvalue weighted by Gasteiger charge is 2.30. The van der Waals surface area contributed by atoms with Crippen LogP contribution >= 0.6 is 0 Å². The molecule has 3 heterocycles. The number of benzene rings is 2. The molecule has 4 N–H and O–H groups in total. The van der Waals surface area contributed by atoms with E-state index in [1.54, 1.807) is 42.6 Å². The molecule has 0 bridgehead atoms. The van der Waals surface area contributed by atoms with Crippen LogP contribution in [0.3, 0.4) is 0 Å². The normalized spacial score (nSPS) is 17.2. The lowest BCUT2D eigenvalue weighted by Gasteiger charge is -2.27. The Balaban J connectivity index is 1.38. The first-order chi connectivity index (χ1) is 21.8. The van der Waals surface area contributed by atoms with Crippen molar-refractivity contribution in [1.82, 2.24) is 15.2 Å². The zero-order chi connectivity index (χ0) is 31.8. The van der Waals surface area contributed by atoms with Crippen molar-refractivity contribution in [2.75, 3.05) is 48.3 Å². The van der Waals surface area contributed by atoms with E-state index in [2.05, 4.69) is 25.8 Å². The molecule has 1 aromatic heterocycles. The number of amides is 4. The van der Waals surface area contributed by atoms with Crippen molar-refractivity contribution in [2.45, 2.75) is 44.8 Å². The standard InChI is InChI=1S/C33H38N6O6/c1-22-6-2-8-25(18-22)35-33(44)37-27-19-23(31(42)36-26(20-30(40)41)24-7-3-12-34-21-24)10-11-28(27)38-13-5-14-39(16-15-38)32(43)29-9-4-17-45-29/h2-3,6-8,10-12,18-19,21,26,29H,4-5,9,13-17,20H2,1H3,(H,36,42)(H,40,41)(H2,35,37,44). The molecule has 12 heteroatoms. The minimum atomic E-state index is -1.07. The molecule has 45 heavy (non-hydrogen) atoms. The quantitative estimate of drug-likeness (QED) is 0.280. The number of aromatic nitrogens is 1. The van der Waals surface area contributed by atoms with Crippen LogP contribution in [0.25, 0.3) is 0 Å². The van der Waals surface area contributed by atoms with Gasteiger partial charge in [-0.15, -0.1) is 0 Å². The van der Waals surface area contributed by atoms with Crippen LogP contribution in [0.5, 0.6) is 0 Å². The molecule has 0 spiro atoms. The fraction of sp³-hybridized carbons (Fsp3) is 0.364. The third-order valence-corrected chi connectivity index (χ3v) is 7.91. The third-order valence-electron chi connectivity index (χ3n) is 7.91. The number of hydrogen-bond donors (Lipinski definition) is 4. The highest BCUT2D eigenvalue weighted by atomic mass is 16.5. The Labute approximate surface area is 261 Å². The van der Waals surface area contributed by atoms with Gasteiger partial charge in [0.25, 0.3) is 11.8 Å². The zero-order valence-corrected chi connectivity index (χ0v) is 25.2. The van der Waals surface area contributed by atoms with Gasteiger partial charge in [-0.2, -0.15) is 0 Å². The van der Waals surface area contributed by atoms with Gasteiger partial charge in [-0.05, 0) is 73.7 Å². The number of carbonyl (C=O) groups excluding carboxylic acids is 3. The van der Waals surface area contributed by atoms with Gasteiger partial charge in [0.15, 0.2) is 0 Å². The van der Waals surface area contributed by atoms with Crippen LogP contribution in [0.4, 0.5) is 21.9 Å². The summed E-state index contributed by atoms with van der Waals surface area (Å²) in [7, 11) is 0. The van der Waals surface area contributed by atoms with Gasteiger partial charge in [-0.25, -0.2) is 4.79 Å². The van der Waals surface area contributed by atoms with E-state index in [9.17, 15) is 24.3 Å². The molecule has 2 aliphatic rings. The van der Waals surface area contributed by atoms with E-state index in [1.165, 1.54) is 6.20 Å². The van der Waals surface area contributed by atoms with Crippen LogP contribution in [-0.2, 0) is 14.3 Å². The number of ether oxygens (including phenoxy) is 1. The van der Waals surface area contributed by atoms with Gasteiger partial charge in [0.1, 0.15) is 6.10 Å². The van der Waals surface area contributed by atoms with Crippen LogP contribution in [-0.4, -0.2) is 77.7 Å². The number of hydrogen-bond acceptors (Lipinski definition) is 7. The number of nitrogens with zero attached hydrogens (tertiary/aromatic N) is 3. The van der Waals surface area contributed by atoms with Crippen molar-refractivity contribution in [3.05, 3.63) is 83.7 Å². The average molecular weight is 615 g/mol. The van der Waals surface area contributed by atoms with E-state index < -0.39 is 23.9 Å². The number of anilines is 3. The van der Waals surface area contributed by atoms with Crippen LogP contribution in [0.1, 0.15) is 53.2 Å². The van der Waals surface area contributed by atoms with Gasteiger partial charge in [-0.3, -0.25) is 19.4 Å². The lowest BCUT2D eigenvalue weighted by molar-refractivity contribution is -0.140. The summed E-state index contributed by atoms with van der Waals surface area (Å²) in [6.07, 6.45) is 4.73. The summed E-state index contributed by atoms with van der Waals surface area (Å²) in [5.41, 5.74) is 3.52. The molecule has 0 aliphatic carbocycles. The summed E-state index contributed by atoms with van der Waals surface area (Å²) in [6, 6.07) is 14.5. The molecule has 2 aliphatic heterocycles. The molecule has 2 aromatic carbocycles. The van der Waals surface area contributed by atoms with Crippen LogP contribution in [0, 0.1) is 6.92 Å². The summed E-state index contributed by atoms with van der Waals surface area (Å²) < 4.78 is 5.62. The molecule has 236 valence electrons. The molecule has 12 nitrogen and oxygen atoms in total. The molecule has 5 rings (SSSR count). The Morgan fingerprint density at radius 2 is 1.87 bits per heavy atom. The van der Waals surface area contributed by atoms with E-state index >= 15 is 0 Å². The lowest BCUT2D eigenvalue weighted by atomic mass is 10.0. The van der Waals surface area contributed by atoms with Crippen molar-refractivity contribution in [3.63, 3.8) is 0 Å². The second-order valence-corrected chi connectivity index (χ2v) is 11.3. The van der Waals surface area contributed by atoms with E-state index in [4.69, 9.17) is 4.74 Å². The predicted molar refractivity (Wildman–Crippen MR) is 169 cm³/mol. The Morgan fingerprint density at radius 3 is 2.60 bits per heavy atom. The predicted octanol–water partition coefficient (Wildman–Crippen LogP) is 4.20. The number of carboxylic acids is 1. The fourth-order valence-corrected chi connectivity index (χ4v) is 5.67. The lowest BCUT2D eigenvalue weighted by Crippen LogP contribution is -2.41. The van der Waals surface area contributed by atoms with Crippen molar-refractivity contribution in [2.24, 2.45) is 0 Å². The number of pyridine rings is 1. The first-order valence-corrected chi connectivity index (χ1v) is 15.1. The van der Waals surface area contributed by atoms with Crippen molar-refractivity contribution in [3.8, 4) is 0 Å². The maximum absolute atomic E-state index is 13.4. The highest BCUT2D eigenvalue weighted by Crippen LogP contribution is 2.30. The topological polar surface area (TPSA) is 153 Å². The smallest absolute Gasteiger partial charge is 0.323 e. The number of carboxylic acid groups (broad SMARTS) is 1. The van der Waals surface area contributed by atoms with Crippen LogP contribution < -0.4 is 20.9 Å². The van der Waals surface area contributed by atoms with Gasteiger partial charge in [0.05, 0.1) is 23.8 Å². The minimum Gasteiger partial charge on any atom is -0.481 e. The van der Waals surface area contributed by atoms with Gasteiger partial charge in [-0.1, -0.05) is 18.2 Å². The second kappa shape index (κ2) is 14.7. The van der Waals surface area contributed by atoms with E-state index in [-0.39, 0.29) is 24.0 Å². The molecule has 2 atom stereocenters. The molecule has 0 saturated carbocycles. The largest absolute Gasteiger partial charge is 0.481 e. The number of aryl methyl sites for hydroxylation is 1. The molecule has 2 unspecified atom stereocenters. The summed E-state index contributed by atoms with van der Waals surface area (Å²) in [6.45, 7) is 4.80. The summed E-state index contributed by atoms with van der Waals surface area (Å²) >= 11 is 0. The highest BCUT2D eigenvalue weighted by molar-refractivity contribution is 6.04. The number of rotatable bonds is 9. The molecule has 4 amide bonds. The Morgan fingerprint density at radius 1 is 1.00 bits per heavy atom. The van der Waals surface area contributed by atoms with E-state index in [0.29, 0.717) is 55.4 Å². The third kappa shape index (κ3) is 8.36. The fourth-order valence-electron chi connectivity index (χ4n) is 5.67. The summed E-state index contributed by atoms with van der Waals surface area (Å²) in [4.78, 5) is 59.2. The first kappa shape index (κ1) is 31.5. The van der Waals surface area contributed by atoms with E-state index in [1.807, 2.05) is 30.0 Å². The summed E-state index contributed by atoms with van der Waals surface area (Å²) in [5, 5.41) is 18.0. The number of carbonyl (C=O) groups is 4. The van der Waals surface area contributed by atoms with Crippen LogP contribution in [0.15, 0.2) is 67.0 Å². The zero-order valence-electron chi connectivity index (χ0n) is 25.2. The SMILES string of the molecule is Cc1cccc(NC(=O)Nc2cc(C(=O)NC(CC(=O)O)c3cccnc3)ccc2N2CCCN(C(=O)C3CCCO3)CC2)c1. The van der Waals surface area contributed by atoms with Gasteiger partial charge >= 0.3 is 12.0 Å². The Kier molecular flexibility index (Phi) is 10.3. The molecule has 2 fully saturated rings. The van der Waals surface area contributed by atoms with Crippen LogP contribution in [0.2, 0.25) is 0 Å². The van der Waals surface area contributed by atoms with E-state index in [0.717, 1.165) is 24.8 Å². The first-order valence-electron chi connectivity index (χ1n) is 15.1. The van der Waals surface area contributed by atoms with Gasteiger partial charge in [0.2, 0.25) is 0 Å². The monoisotopic (exact) mass is 614 g/mol. The van der Waals surface area contributed by atoms with Gasteiger partial charge in [0, 0.05) is 56.4 Å². The van der Waals surface area contributed by atoms with Gasteiger partial charge < -0.3 is 35.6 Å². The number of urea groups is 1. The maximum atomic E-state index is 13.4. The average Bonchev–Trinajstić information content (AvgIpc) is 3.45. The molecule has 0 radical (unpaired) electrons. The molecule has 2 saturated heterocycles. The Hall–Kier alpha value is -4.97.